The Labute approximate surface area is 84.4 Å². The Bertz CT molecular complexity index is 194. The first kappa shape index (κ1) is 12.9. The zero-order valence-electron chi connectivity index (χ0n) is 9.05. The normalized spacial score (nSPS) is 11.9. The first-order valence-corrected chi connectivity index (χ1v) is 4.71. The zero-order chi connectivity index (χ0) is 11.0. The molecule has 0 rings (SSSR count). The van der Waals surface area contributed by atoms with Gasteiger partial charge >= 0.3 is 5.97 Å². The van der Waals surface area contributed by atoms with Gasteiger partial charge in [0.15, 0.2) is 0 Å². The molecule has 0 saturated heterocycles. The van der Waals surface area contributed by atoms with E-state index in [0.717, 1.165) is 17.9 Å². The van der Waals surface area contributed by atoms with Gasteiger partial charge in [-0.05, 0) is 0 Å². The molecule has 2 N–H and O–H groups in total. The summed E-state index contributed by atoms with van der Waals surface area (Å²) in [6.45, 7) is 4.82. The standard InChI is InChI=1S/C9H18N2O3/c1-8(12)10-5-4-6-11(3)7-14-9(2)13/h4-7H2,1-3H3,(H,10,12)/p+1. The third kappa shape index (κ3) is 8.99. The minimum absolute atomic E-state index is 0.0114. The smallest absolute Gasteiger partial charge is 0.306 e. The molecule has 0 heterocycles. The number of ether oxygens (including phenoxy) is 1. The van der Waals surface area contributed by atoms with Crippen LogP contribution < -0.4 is 10.2 Å². The topological polar surface area (TPSA) is 59.8 Å². The quantitative estimate of drug-likeness (QED) is 0.315. The highest BCUT2D eigenvalue weighted by Gasteiger charge is 2.02. The summed E-state index contributed by atoms with van der Waals surface area (Å²) in [7, 11) is 1.94. The number of hydrogen-bond acceptors (Lipinski definition) is 3. The van der Waals surface area contributed by atoms with E-state index < -0.39 is 0 Å². The van der Waals surface area contributed by atoms with Crippen LogP contribution in [0.25, 0.3) is 0 Å². The molecule has 0 aliphatic heterocycles. The molecule has 1 atom stereocenters. The van der Waals surface area contributed by atoms with Gasteiger partial charge in [-0.1, -0.05) is 0 Å². The summed E-state index contributed by atoms with van der Waals surface area (Å²) in [5.41, 5.74) is 0. The molecular weight excluding hydrogens is 184 g/mol. The van der Waals surface area contributed by atoms with Crippen molar-refractivity contribution >= 4 is 11.9 Å². The number of carbonyl (C=O) groups is 2. The van der Waals surface area contributed by atoms with E-state index in [1.54, 1.807) is 0 Å². The summed E-state index contributed by atoms with van der Waals surface area (Å²) in [6.07, 6.45) is 0.882. The molecule has 0 bridgehead atoms. The first-order valence-electron chi connectivity index (χ1n) is 4.71. The van der Waals surface area contributed by atoms with E-state index in [1.165, 1.54) is 13.8 Å². The van der Waals surface area contributed by atoms with Crippen molar-refractivity contribution in [3.05, 3.63) is 0 Å². The summed E-state index contributed by atoms with van der Waals surface area (Å²) < 4.78 is 4.82. The highest BCUT2D eigenvalue weighted by Crippen LogP contribution is 1.71. The van der Waals surface area contributed by atoms with E-state index in [4.69, 9.17) is 4.74 Å². The van der Waals surface area contributed by atoms with Gasteiger partial charge in [-0.3, -0.25) is 9.59 Å². The van der Waals surface area contributed by atoms with Crippen LogP contribution >= 0.6 is 0 Å². The fourth-order valence-electron chi connectivity index (χ4n) is 0.952. The van der Waals surface area contributed by atoms with Gasteiger partial charge in [0.25, 0.3) is 0 Å². The Morgan fingerprint density at radius 3 is 2.50 bits per heavy atom. The van der Waals surface area contributed by atoms with Crippen LogP contribution in [0.3, 0.4) is 0 Å². The Kier molecular flexibility index (Phi) is 6.74. The lowest BCUT2D eigenvalue weighted by atomic mass is 10.4. The SMILES string of the molecule is CC(=O)NCCC[NH+](C)COC(C)=O. The monoisotopic (exact) mass is 203 g/mol. The average molecular weight is 203 g/mol. The molecule has 14 heavy (non-hydrogen) atoms. The number of hydrogen-bond donors (Lipinski definition) is 2. The van der Waals surface area contributed by atoms with Crippen LogP contribution in [0.5, 0.6) is 0 Å². The van der Waals surface area contributed by atoms with Gasteiger partial charge in [-0.15, -0.1) is 0 Å². The van der Waals surface area contributed by atoms with E-state index in [0.29, 0.717) is 13.3 Å². The number of carbonyl (C=O) groups excluding carboxylic acids is 2. The lowest BCUT2D eigenvalue weighted by Gasteiger charge is -2.12. The molecule has 0 saturated carbocycles. The molecule has 82 valence electrons. The predicted molar refractivity (Wildman–Crippen MR) is 51.7 cm³/mol. The van der Waals surface area contributed by atoms with Crippen molar-refractivity contribution in [3.8, 4) is 0 Å². The molecule has 5 heteroatoms. The molecule has 0 spiro atoms. The van der Waals surface area contributed by atoms with Crippen LogP contribution in [0.2, 0.25) is 0 Å². The number of rotatable bonds is 6. The highest BCUT2D eigenvalue weighted by atomic mass is 16.5. The maximum atomic E-state index is 10.5. The average Bonchev–Trinajstić information content (AvgIpc) is 2.08. The fourth-order valence-corrected chi connectivity index (χ4v) is 0.952. The van der Waals surface area contributed by atoms with E-state index in [2.05, 4.69) is 5.32 Å². The number of nitrogens with one attached hydrogen (secondary N) is 2. The Morgan fingerprint density at radius 2 is 2.00 bits per heavy atom. The maximum Gasteiger partial charge on any atom is 0.306 e. The van der Waals surface area contributed by atoms with Crippen molar-refractivity contribution in [2.75, 3.05) is 26.9 Å². The van der Waals surface area contributed by atoms with Crippen LogP contribution in [0, 0.1) is 0 Å². The summed E-state index contributed by atoms with van der Waals surface area (Å²) in [6, 6.07) is 0. The van der Waals surface area contributed by atoms with Gasteiger partial charge in [0.05, 0.1) is 13.6 Å². The lowest BCUT2D eigenvalue weighted by molar-refractivity contribution is -0.897. The van der Waals surface area contributed by atoms with Crippen LogP contribution in [-0.2, 0) is 14.3 Å². The largest absolute Gasteiger partial charge is 0.415 e. The molecular formula is C9H19N2O3+. The first-order chi connectivity index (χ1) is 6.52. The third-order valence-electron chi connectivity index (χ3n) is 1.68. The summed E-state index contributed by atoms with van der Waals surface area (Å²) in [4.78, 5) is 22.1. The van der Waals surface area contributed by atoms with E-state index >= 15 is 0 Å². The van der Waals surface area contributed by atoms with Gasteiger partial charge in [-0.25, -0.2) is 0 Å². The van der Waals surface area contributed by atoms with E-state index in [1.807, 2.05) is 7.05 Å². The highest BCUT2D eigenvalue weighted by molar-refractivity contribution is 5.72. The van der Waals surface area contributed by atoms with Crippen molar-refractivity contribution in [1.29, 1.82) is 0 Å². The molecule has 5 nitrogen and oxygen atoms in total. The van der Waals surface area contributed by atoms with Gasteiger partial charge in [0.2, 0.25) is 12.6 Å². The van der Waals surface area contributed by atoms with Gasteiger partial charge in [-0.2, -0.15) is 0 Å². The minimum Gasteiger partial charge on any atom is -0.415 e. The molecule has 0 aromatic rings. The van der Waals surface area contributed by atoms with Crippen LogP contribution in [-0.4, -0.2) is 38.7 Å². The Balaban J connectivity index is 3.30. The molecule has 1 unspecified atom stereocenters. The van der Waals surface area contributed by atoms with Crippen LogP contribution in [0.4, 0.5) is 0 Å². The number of amides is 1. The predicted octanol–water partition coefficient (Wildman–Crippen LogP) is -1.45. The van der Waals surface area contributed by atoms with Crippen molar-refractivity contribution < 1.29 is 19.2 Å². The number of quaternary nitrogens is 1. The second kappa shape index (κ2) is 7.32. The third-order valence-corrected chi connectivity index (χ3v) is 1.68. The second-order valence-corrected chi connectivity index (χ2v) is 3.32. The Morgan fingerprint density at radius 1 is 1.36 bits per heavy atom. The summed E-state index contributed by atoms with van der Waals surface area (Å²) >= 11 is 0. The van der Waals surface area contributed by atoms with Gasteiger partial charge in [0.1, 0.15) is 0 Å². The molecule has 0 fully saturated rings. The second-order valence-electron chi connectivity index (χ2n) is 3.32. The van der Waals surface area contributed by atoms with Crippen LogP contribution in [0.15, 0.2) is 0 Å². The van der Waals surface area contributed by atoms with Crippen LogP contribution in [0.1, 0.15) is 20.3 Å². The lowest BCUT2D eigenvalue weighted by Crippen LogP contribution is -3.09. The zero-order valence-corrected chi connectivity index (χ0v) is 9.05. The molecule has 0 radical (unpaired) electrons. The van der Waals surface area contributed by atoms with E-state index in [-0.39, 0.29) is 11.9 Å². The van der Waals surface area contributed by atoms with Crippen molar-refractivity contribution in [2.24, 2.45) is 0 Å². The summed E-state index contributed by atoms with van der Waals surface area (Å²) in [5, 5.41) is 2.71. The minimum atomic E-state index is -0.258. The molecule has 1 amide bonds. The molecule has 0 aliphatic carbocycles. The van der Waals surface area contributed by atoms with Crippen molar-refractivity contribution in [3.63, 3.8) is 0 Å². The molecule has 0 aliphatic rings. The molecule has 0 aromatic heterocycles. The van der Waals surface area contributed by atoms with Crippen molar-refractivity contribution in [2.45, 2.75) is 20.3 Å². The van der Waals surface area contributed by atoms with Gasteiger partial charge in [0, 0.05) is 26.8 Å². The molecule has 0 aromatic carbocycles. The summed E-state index contributed by atoms with van der Waals surface area (Å²) in [5.74, 6) is -0.270. The fraction of sp³-hybridized carbons (Fsp3) is 0.778. The number of esters is 1. The Hall–Kier alpha value is -1.10. The van der Waals surface area contributed by atoms with Gasteiger partial charge < -0.3 is 15.0 Å². The maximum absolute atomic E-state index is 10.5. The van der Waals surface area contributed by atoms with Crippen molar-refractivity contribution in [1.82, 2.24) is 5.32 Å². The van der Waals surface area contributed by atoms with E-state index in [9.17, 15) is 9.59 Å².